The van der Waals surface area contributed by atoms with Crippen molar-refractivity contribution >= 4 is 35.0 Å². The van der Waals surface area contributed by atoms with E-state index in [9.17, 15) is 9.59 Å². The highest BCUT2D eigenvalue weighted by atomic mass is 32.2. The number of nitrogens with one attached hydrogen (secondary N) is 2. The Hall–Kier alpha value is -3.13. The molecule has 0 saturated carbocycles. The Morgan fingerprint density at radius 1 is 0.969 bits per heavy atom. The minimum absolute atomic E-state index is 0.104. The van der Waals surface area contributed by atoms with Crippen LogP contribution in [-0.2, 0) is 22.6 Å². The average Bonchev–Trinajstić information content (AvgIpc) is 3.15. The molecule has 0 spiro atoms. The van der Waals surface area contributed by atoms with Gasteiger partial charge in [0.2, 0.25) is 11.8 Å². The molecule has 0 aliphatic carbocycles. The molecular formula is C24H29N5O2S. The summed E-state index contributed by atoms with van der Waals surface area (Å²) in [6, 6.07) is 15.5. The van der Waals surface area contributed by atoms with E-state index in [2.05, 4.69) is 34.7 Å². The number of hydrogen-bond donors (Lipinski definition) is 2. The number of thioether (sulfide) groups is 1. The van der Waals surface area contributed by atoms with Crippen molar-refractivity contribution in [3.63, 3.8) is 0 Å². The van der Waals surface area contributed by atoms with Crippen molar-refractivity contribution in [1.29, 1.82) is 0 Å². The van der Waals surface area contributed by atoms with E-state index in [1.807, 2.05) is 66.9 Å². The molecule has 1 heterocycles. The Labute approximate surface area is 193 Å². The highest BCUT2D eigenvalue weighted by Crippen LogP contribution is 2.24. The molecule has 0 atom stereocenters. The summed E-state index contributed by atoms with van der Waals surface area (Å²) < 4.78 is 1.87. The van der Waals surface area contributed by atoms with Crippen molar-refractivity contribution < 1.29 is 9.59 Å². The van der Waals surface area contributed by atoms with Gasteiger partial charge in [0.1, 0.15) is 5.82 Å². The zero-order valence-electron chi connectivity index (χ0n) is 18.9. The Morgan fingerprint density at radius 2 is 1.62 bits per heavy atom. The number of amides is 2. The molecule has 2 amide bonds. The molecule has 3 aromatic rings. The number of aryl methyl sites for hydroxylation is 1. The topological polar surface area (TPSA) is 88.9 Å². The van der Waals surface area contributed by atoms with E-state index in [4.69, 9.17) is 0 Å². The summed E-state index contributed by atoms with van der Waals surface area (Å²) >= 11 is 1.31. The second-order valence-electron chi connectivity index (χ2n) is 7.76. The second kappa shape index (κ2) is 10.9. The molecule has 0 aliphatic rings. The summed E-state index contributed by atoms with van der Waals surface area (Å²) in [5.41, 5.74) is 3.72. The molecule has 168 valence electrons. The first-order valence-electron chi connectivity index (χ1n) is 10.7. The molecule has 0 saturated heterocycles. The summed E-state index contributed by atoms with van der Waals surface area (Å²) in [7, 11) is 0. The molecule has 0 unspecified atom stereocenters. The van der Waals surface area contributed by atoms with Gasteiger partial charge in [0, 0.05) is 17.9 Å². The van der Waals surface area contributed by atoms with Gasteiger partial charge in [0.15, 0.2) is 5.16 Å². The monoisotopic (exact) mass is 451 g/mol. The van der Waals surface area contributed by atoms with Crippen LogP contribution in [-0.4, -0.2) is 32.3 Å². The zero-order chi connectivity index (χ0) is 23.1. The predicted molar refractivity (Wildman–Crippen MR) is 129 cm³/mol. The van der Waals surface area contributed by atoms with Crippen LogP contribution in [0.4, 0.5) is 11.4 Å². The van der Waals surface area contributed by atoms with Gasteiger partial charge in [0.05, 0.1) is 12.2 Å². The Morgan fingerprint density at radius 3 is 2.31 bits per heavy atom. The normalized spacial score (nSPS) is 10.9. The van der Waals surface area contributed by atoms with Crippen molar-refractivity contribution in [2.45, 2.75) is 51.7 Å². The van der Waals surface area contributed by atoms with E-state index in [1.54, 1.807) is 0 Å². The SMILES string of the molecule is CCn1c(CC(=O)Nc2ccccc2C)nnc1SCC(=O)Nc1ccccc1C(C)C. The fraction of sp³-hybridized carbons (Fsp3) is 0.333. The molecule has 3 rings (SSSR count). The summed E-state index contributed by atoms with van der Waals surface area (Å²) in [5.74, 6) is 0.843. The van der Waals surface area contributed by atoms with Crippen molar-refractivity contribution in [2.24, 2.45) is 0 Å². The van der Waals surface area contributed by atoms with Crippen LogP contribution in [0.1, 0.15) is 43.6 Å². The Kier molecular flexibility index (Phi) is 8.05. The van der Waals surface area contributed by atoms with Crippen LogP contribution in [0, 0.1) is 6.92 Å². The van der Waals surface area contributed by atoms with Crippen LogP contribution in [0.5, 0.6) is 0 Å². The van der Waals surface area contributed by atoms with Gasteiger partial charge in [-0.25, -0.2) is 0 Å². The predicted octanol–water partition coefficient (Wildman–Crippen LogP) is 4.64. The Bertz CT molecular complexity index is 1090. The van der Waals surface area contributed by atoms with Gasteiger partial charge in [-0.15, -0.1) is 10.2 Å². The fourth-order valence-corrected chi connectivity index (χ4v) is 4.18. The first-order chi connectivity index (χ1) is 15.4. The lowest BCUT2D eigenvalue weighted by atomic mass is 10.0. The fourth-order valence-electron chi connectivity index (χ4n) is 3.36. The van der Waals surface area contributed by atoms with Gasteiger partial charge in [-0.3, -0.25) is 9.59 Å². The van der Waals surface area contributed by atoms with Crippen LogP contribution < -0.4 is 10.6 Å². The highest BCUT2D eigenvalue weighted by Gasteiger charge is 2.17. The quantitative estimate of drug-likeness (QED) is 0.463. The molecule has 0 bridgehead atoms. The lowest BCUT2D eigenvalue weighted by Gasteiger charge is -2.13. The number of rotatable bonds is 9. The Balaban J connectivity index is 1.61. The van der Waals surface area contributed by atoms with Crippen LogP contribution in [0.25, 0.3) is 0 Å². The van der Waals surface area contributed by atoms with E-state index in [-0.39, 0.29) is 24.0 Å². The van der Waals surface area contributed by atoms with Crippen LogP contribution >= 0.6 is 11.8 Å². The second-order valence-corrected chi connectivity index (χ2v) is 8.70. The molecule has 1 aromatic heterocycles. The van der Waals surface area contributed by atoms with Gasteiger partial charge in [-0.05, 0) is 43.0 Å². The largest absolute Gasteiger partial charge is 0.325 e. The standard InChI is InChI=1S/C24H29N5O2S/c1-5-29-21(14-22(30)25-19-12-8-6-10-17(19)4)27-28-24(29)32-15-23(31)26-20-13-9-7-11-18(20)16(2)3/h6-13,16H,5,14-15H2,1-4H3,(H,25,30)(H,26,31). The lowest BCUT2D eigenvalue weighted by molar-refractivity contribution is -0.116. The molecule has 7 nitrogen and oxygen atoms in total. The maximum Gasteiger partial charge on any atom is 0.234 e. The van der Waals surface area contributed by atoms with Crippen molar-refractivity contribution in [1.82, 2.24) is 14.8 Å². The van der Waals surface area contributed by atoms with Crippen LogP contribution in [0.15, 0.2) is 53.7 Å². The first kappa shape index (κ1) is 23.5. The van der Waals surface area contributed by atoms with Gasteiger partial charge in [0.25, 0.3) is 0 Å². The van der Waals surface area contributed by atoms with E-state index in [0.29, 0.717) is 23.4 Å². The van der Waals surface area contributed by atoms with Crippen molar-refractivity contribution in [3.05, 3.63) is 65.5 Å². The van der Waals surface area contributed by atoms with Crippen molar-refractivity contribution in [3.8, 4) is 0 Å². The van der Waals surface area contributed by atoms with Crippen molar-refractivity contribution in [2.75, 3.05) is 16.4 Å². The number of anilines is 2. The summed E-state index contributed by atoms with van der Waals surface area (Å²) in [6.45, 7) is 8.72. The minimum atomic E-state index is -0.152. The summed E-state index contributed by atoms with van der Waals surface area (Å²) in [6.07, 6.45) is 0.115. The molecule has 8 heteroatoms. The third kappa shape index (κ3) is 5.97. The maximum absolute atomic E-state index is 12.5. The summed E-state index contributed by atoms with van der Waals surface area (Å²) in [5, 5.41) is 14.9. The third-order valence-electron chi connectivity index (χ3n) is 5.04. The lowest BCUT2D eigenvalue weighted by Crippen LogP contribution is -2.18. The number of para-hydroxylation sites is 2. The molecule has 2 aromatic carbocycles. The number of carbonyl (C=O) groups is 2. The molecular weight excluding hydrogens is 422 g/mol. The number of benzene rings is 2. The number of carbonyl (C=O) groups excluding carboxylic acids is 2. The van der Waals surface area contributed by atoms with Crippen LogP contribution in [0.3, 0.4) is 0 Å². The smallest absolute Gasteiger partial charge is 0.234 e. The number of hydrogen-bond acceptors (Lipinski definition) is 5. The third-order valence-corrected chi connectivity index (χ3v) is 6.00. The first-order valence-corrected chi connectivity index (χ1v) is 11.7. The van der Waals surface area contributed by atoms with Crippen LogP contribution in [0.2, 0.25) is 0 Å². The summed E-state index contributed by atoms with van der Waals surface area (Å²) in [4.78, 5) is 25.0. The highest BCUT2D eigenvalue weighted by molar-refractivity contribution is 7.99. The zero-order valence-corrected chi connectivity index (χ0v) is 19.7. The van der Waals surface area contributed by atoms with Gasteiger partial charge < -0.3 is 15.2 Å². The van der Waals surface area contributed by atoms with E-state index < -0.39 is 0 Å². The maximum atomic E-state index is 12.5. The van der Waals surface area contributed by atoms with E-state index in [1.165, 1.54) is 11.8 Å². The molecule has 0 radical (unpaired) electrons. The van der Waals surface area contributed by atoms with Gasteiger partial charge >= 0.3 is 0 Å². The molecule has 0 aliphatic heterocycles. The van der Waals surface area contributed by atoms with Gasteiger partial charge in [-0.1, -0.05) is 62.0 Å². The number of aromatic nitrogens is 3. The van der Waals surface area contributed by atoms with E-state index >= 15 is 0 Å². The van der Waals surface area contributed by atoms with E-state index in [0.717, 1.165) is 22.5 Å². The molecule has 0 fully saturated rings. The molecule has 2 N–H and O–H groups in total. The number of nitrogens with zero attached hydrogens (tertiary/aromatic N) is 3. The molecule has 32 heavy (non-hydrogen) atoms. The average molecular weight is 452 g/mol. The minimum Gasteiger partial charge on any atom is -0.325 e. The van der Waals surface area contributed by atoms with Gasteiger partial charge in [-0.2, -0.15) is 0 Å².